The third kappa shape index (κ3) is 15.9. The minimum atomic E-state index is -1.39. The topological polar surface area (TPSA) is 352 Å². The van der Waals surface area contributed by atoms with Crippen LogP contribution in [-0.4, -0.2) is 151 Å². The molecular formula is C49H61N9O13S. The van der Waals surface area contributed by atoms with Crippen LogP contribution in [0.3, 0.4) is 0 Å². The zero-order valence-corrected chi connectivity index (χ0v) is 40.5. The monoisotopic (exact) mass is 1020 g/mol. The first kappa shape index (κ1) is 55.3. The molecule has 3 aromatic carbocycles. The van der Waals surface area contributed by atoms with Gasteiger partial charge >= 0.3 is 11.9 Å². The van der Waals surface area contributed by atoms with E-state index in [0.717, 1.165) is 10.9 Å². The van der Waals surface area contributed by atoms with E-state index in [0.29, 0.717) is 28.9 Å². The van der Waals surface area contributed by atoms with E-state index in [4.69, 9.17) is 5.73 Å². The normalized spacial score (nSPS) is 15.7. The molecule has 4 aromatic rings. The van der Waals surface area contributed by atoms with Crippen molar-refractivity contribution in [1.82, 2.24) is 41.8 Å². The molecule has 7 amide bonds. The van der Waals surface area contributed by atoms with Crippen molar-refractivity contribution < 1.29 is 63.6 Å². The number of aromatic amines is 1. The van der Waals surface area contributed by atoms with Gasteiger partial charge < -0.3 is 67.9 Å². The van der Waals surface area contributed by atoms with Gasteiger partial charge in [0.05, 0.1) is 6.54 Å². The van der Waals surface area contributed by atoms with Crippen LogP contribution in [0.15, 0.2) is 79.0 Å². The van der Waals surface area contributed by atoms with Crippen LogP contribution in [0.1, 0.15) is 55.7 Å². The van der Waals surface area contributed by atoms with Gasteiger partial charge in [-0.25, -0.2) is 4.79 Å². The second kappa shape index (κ2) is 26.5. The average Bonchev–Trinajstić information content (AvgIpc) is 4.02. The molecule has 1 saturated heterocycles. The van der Waals surface area contributed by atoms with Crippen molar-refractivity contribution in [1.29, 1.82) is 0 Å². The van der Waals surface area contributed by atoms with Crippen LogP contribution in [0.2, 0.25) is 0 Å². The number of para-hydroxylation sites is 1. The zero-order valence-electron chi connectivity index (χ0n) is 39.7. The average molecular weight is 1020 g/mol. The number of hydrogen-bond donors (Lipinski definition) is 12. The van der Waals surface area contributed by atoms with Gasteiger partial charge in [-0.2, -0.15) is 11.8 Å². The number of thioether (sulfide) groups is 1. The molecule has 0 radical (unpaired) electrons. The van der Waals surface area contributed by atoms with Crippen LogP contribution in [-0.2, 0) is 62.4 Å². The highest BCUT2D eigenvalue weighted by Gasteiger charge is 2.40. The molecule has 23 heteroatoms. The third-order valence-corrected chi connectivity index (χ3v) is 12.7. The largest absolute Gasteiger partial charge is 0.508 e. The zero-order chi connectivity index (χ0) is 52.5. The van der Waals surface area contributed by atoms with Gasteiger partial charge in [-0.3, -0.25) is 38.4 Å². The van der Waals surface area contributed by atoms with E-state index < -0.39 is 109 Å². The predicted molar refractivity (Wildman–Crippen MR) is 264 cm³/mol. The molecular weight excluding hydrogens is 955 g/mol. The SMILES string of the molecule is CSCC[C@H](NC(=O)[C@H](Cc1ccc(O)cc1)NC(=O)[C@H](C)NC(=O)[C@H](Cc1c[nH]c2ccccc12)NC(=O)[C@H](CCC(=O)O)NC(=O)CN)C(=O)N1CCC[C@H]1C(=O)N[C@@H](Cc1ccc(O)cc1)C(=O)O. The number of nitrogens with one attached hydrogen (secondary N) is 7. The summed E-state index contributed by atoms with van der Waals surface area (Å²) in [7, 11) is 0. The molecule has 2 heterocycles. The van der Waals surface area contributed by atoms with Crippen LogP contribution in [0, 0.1) is 0 Å². The third-order valence-electron chi connectivity index (χ3n) is 12.0. The Kier molecular flexibility index (Phi) is 20.4. The smallest absolute Gasteiger partial charge is 0.326 e. The van der Waals surface area contributed by atoms with Crippen molar-refractivity contribution in [2.75, 3.05) is 25.1 Å². The number of nitrogens with two attached hydrogens (primary N) is 1. The number of aliphatic carboxylic acids is 2. The Hall–Kier alpha value is -7.66. The van der Waals surface area contributed by atoms with Crippen molar-refractivity contribution in [2.24, 2.45) is 5.73 Å². The Balaban J connectivity index is 1.34. The van der Waals surface area contributed by atoms with Crippen molar-refractivity contribution in [3.8, 4) is 11.5 Å². The number of H-pyrrole nitrogens is 1. The fraction of sp³-hybridized carbons (Fsp3) is 0.408. The number of fused-ring (bicyclic) bond motifs is 1. The Morgan fingerprint density at radius 1 is 0.694 bits per heavy atom. The van der Waals surface area contributed by atoms with E-state index in [2.05, 4.69) is 36.9 Å². The number of carbonyl (C=O) groups excluding carboxylic acids is 7. The van der Waals surface area contributed by atoms with E-state index >= 15 is 0 Å². The number of carboxylic acid groups (broad SMARTS) is 2. The summed E-state index contributed by atoms with van der Waals surface area (Å²) in [5, 5.41) is 55.1. The minimum absolute atomic E-state index is 0.0157. The number of amides is 7. The molecule has 72 heavy (non-hydrogen) atoms. The number of likely N-dealkylation sites (tertiary alicyclic amines) is 1. The van der Waals surface area contributed by atoms with E-state index in [1.807, 2.05) is 0 Å². The molecule has 1 aliphatic heterocycles. The molecule has 0 saturated carbocycles. The fourth-order valence-corrected chi connectivity index (χ4v) is 8.62. The summed E-state index contributed by atoms with van der Waals surface area (Å²) in [4.78, 5) is 125. The van der Waals surface area contributed by atoms with Crippen LogP contribution < -0.4 is 37.6 Å². The summed E-state index contributed by atoms with van der Waals surface area (Å²) < 4.78 is 0. The number of carboxylic acids is 2. The summed E-state index contributed by atoms with van der Waals surface area (Å²) in [6.07, 6.45) is 2.98. The molecule has 1 fully saturated rings. The van der Waals surface area contributed by atoms with Gasteiger partial charge in [-0.1, -0.05) is 42.5 Å². The number of aromatic hydroxyl groups is 2. The van der Waals surface area contributed by atoms with Gasteiger partial charge in [-0.15, -0.1) is 0 Å². The molecule has 0 spiro atoms. The lowest BCUT2D eigenvalue weighted by Crippen LogP contribution is -2.60. The molecule has 1 aliphatic rings. The molecule has 1 aromatic heterocycles. The summed E-state index contributed by atoms with van der Waals surface area (Å²) in [5.74, 6) is -7.66. The maximum atomic E-state index is 14.4. The minimum Gasteiger partial charge on any atom is -0.508 e. The molecule has 5 rings (SSSR count). The molecule has 0 aliphatic carbocycles. The van der Waals surface area contributed by atoms with E-state index in [-0.39, 0.29) is 56.6 Å². The number of phenols is 2. The second-order valence-electron chi connectivity index (χ2n) is 17.3. The van der Waals surface area contributed by atoms with Gasteiger partial charge in [-0.05, 0) is 91.6 Å². The first-order valence-corrected chi connectivity index (χ1v) is 24.6. The summed E-state index contributed by atoms with van der Waals surface area (Å²) in [6, 6.07) is 9.69. The number of hydrogen-bond acceptors (Lipinski definition) is 13. The quantitative estimate of drug-likeness (QED) is 0.0400. The summed E-state index contributed by atoms with van der Waals surface area (Å²) in [6.45, 7) is 0.978. The number of benzene rings is 3. The summed E-state index contributed by atoms with van der Waals surface area (Å²) >= 11 is 1.39. The molecule has 22 nitrogen and oxygen atoms in total. The summed E-state index contributed by atoms with van der Waals surface area (Å²) in [5.41, 5.74) is 7.80. The van der Waals surface area contributed by atoms with Crippen molar-refractivity contribution >= 4 is 76.0 Å². The van der Waals surface area contributed by atoms with E-state index in [1.54, 1.807) is 36.7 Å². The number of nitrogens with zero attached hydrogens (tertiary/aromatic N) is 1. The van der Waals surface area contributed by atoms with Gasteiger partial charge in [0.2, 0.25) is 41.4 Å². The lowest BCUT2D eigenvalue weighted by Gasteiger charge is -2.30. The highest BCUT2D eigenvalue weighted by Crippen LogP contribution is 2.22. The maximum Gasteiger partial charge on any atom is 0.326 e. The highest BCUT2D eigenvalue weighted by atomic mass is 32.2. The van der Waals surface area contributed by atoms with Crippen LogP contribution in [0.25, 0.3) is 10.9 Å². The van der Waals surface area contributed by atoms with Crippen LogP contribution in [0.4, 0.5) is 0 Å². The van der Waals surface area contributed by atoms with Gasteiger partial charge in [0, 0.05) is 49.3 Å². The van der Waals surface area contributed by atoms with Gasteiger partial charge in [0.1, 0.15) is 53.8 Å². The van der Waals surface area contributed by atoms with E-state index in [1.165, 1.54) is 72.1 Å². The van der Waals surface area contributed by atoms with Crippen LogP contribution in [0.5, 0.6) is 11.5 Å². The lowest BCUT2D eigenvalue weighted by molar-refractivity contribution is -0.145. The maximum absolute atomic E-state index is 14.4. The van der Waals surface area contributed by atoms with Crippen molar-refractivity contribution in [3.63, 3.8) is 0 Å². The molecule has 7 atom stereocenters. The molecule has 0 unspecified atom stereocenters. The molecule has 0 bridgehead atoms. The Morgan fingerprint density at radius 3 is 1.88 bits per heavy atom. The standard InChI is InChI=1S/C49H61N9O13S/c1-27(52-45(66)38(24-30-26-51-34-7-4-3-6-33(30)34)56-44(65)35(17-18-42(62)63)53-41(61)25-50)43(64)55-37(22-28-9-13-31(59)14-10-28)46(67)54-36(19-21-72-2)48(69)58-20-5-8-40(58)47(68)57-39(49(70)71)23-29-11-15-32(60)16-12-29/h3-4,6-7,9-16,26-27,35-40,51,59-60H,5,8,17-25,50H2,1-2H3,(H,52,66)(H,53,61)(H,54,67)(H,55,64)(H,56,65)(H,57,68)(H,62,63)(H,70,71)/t27-,35-,36-,37-,38-,39-,40-/m0/s1. The number of phenolic OH excluding ortho intramolecular Hbond substituents is 2. The van der Waals surface area contributed by atoms with Gasteiger partial charge in [0.25, 0.3) is 0 Å². The Morgan fingerprint density at radius 2 is 1.26 bits per heavy atom. The van der Waals surface area contributed by atoms with Crippen molar-refractivity contribution in [3.05, 3.63) is 95.7 Å². The Labute approximate surface area is 418 Å². The number of rotatable bonds is 26. The Bertz CT molecular complexity index is 2580. The van der Waals surface area contributed by atoms with Crippen molar-refractivity contribution in [2.45, 2.75) is 101 Å². The molecule has 386 valence electrons. The second-order valence-corrected chi connectivity index (χ2v) is 18.3. The number of carbonyl (C=O) groups is 9. The fourth-order valence-electron chi connectivity index (χ4n) is 8.15. The van der Waals surface area contributed by atoms with E-state index in [9.17, 15) is 63.6 Å². The molecule has 13 N–H and O–H groups in total. The number of aromatic nitrogens is 1. The highest BCUT2D eigenvalue weighted by molar-refractivity contribution is 7.98. The van der Waals surface area contributed by atoms with Gasteiger partial charge in [0.15, 0.2) is 0 Å². The van der Waals surface area contributed by atoms with Crippen LogP contribution >= 0.6 is 11.8 Å². The first-order chi connectivity index (χ1) is 34.4. The first-order valence-electron chi connectivity index (χ1n) is 23.2. The lowest BCUT2D eigenvalue weighted by atomic mass is 10.0. The predicted octanol–water partition coefficient (Wildman–Crippen LogP) is 0.188.